The van der Waals surface area contributed by atoms with Crippen molar-refractivity contribution in [3.05, 3.63) is 71.3 Å². The van der Waals surface area contributed by atoms with Crippen LogP contribution in [0.2, 0.25) is 0 Å². The number of para-hydroxylation sites is 1. The van der Waals surface area contributed by atoms with E-state index in [9.17, 15) is 10.1 Å². The Hall–Kier alpha value is -3.06. The zero-order valence-corrected chi connectivity index (χ0v) is 13.8. The fourth-order valence-electron chi connectivity index (χ4n) is 2.14. The van der Waals surface area contributed by atoms with Crippen LogP contribution in [0.4, 0.5) is 0 Å². The SMILES string of the molecule is CC(C)Oc1ccccc1/C=C(\C#N)C(=O)NCc1ccccc1. The molecule has 122 valence electrons. The molecule has 2 rings (SSSR count). The number of benzene rings is 2. The number of nitriles is 1. The van der Waals surface area contributed by atoms with Gasteiger partial charge in [-0.3, -0.25) is 4.79 Å². The number of nitrogens with zero attached hydrogens (tertiary/aromatic N) is 1. The number of hydrogen-bond acceptors (Lipinski definition) is 3. The van der Waals surface area contributed by atoms with E-state index in [1.807, 2.05) is 74.5 Å². The van der Waals surface area contributed by atoms with E-state index in [4.69, 9.17) is 4.74 Å². The van der Waals surface area contributed by atoms with Crippen molar-refractivity contribution >= 4 is 12.0 Å². The molecule has 0 aliphatic heterocycles. The summed E-state index contributed by atoms with van der Waals surface area (Å²) >= 11 is 0. The molecular formula is C20H20N2O2. The van der Waals surface area contributed by atoms with E-state index in [1.54, 1.807) is 6.08 Å². The smallest absolute Gasteiger partial charge is 0.262 e. The van der Waals surface area contributed by atoms with Crippen LogP contribution in [0.1, 0.15) is 25.0 Å². The summed E-state index contributed by atoms with van der Waals surface area (Å²) in [6.07, 6.45) is 1.56. The molecule has 0 atom stereocenters. The van der Waals surface area contributed by atoms with E-state index in [1.165, 1.54) is 0 Å². The number of hydrogen-bond donors (Lipinski definition) is 1. The van der Waals surface area contributed by atoms with Crippen LogP contribution in [0.15, 0.2) is 60.2 Å². The van der Waals surface area contributed by atoms with Crippen LogP contribution in [0.25, 0.3) is 6.08 Å². The van der Waals surface area contributed by atoms with Gasteiger partial charge >= 0.3 is 0 Å². The zero-order valence-electron chi connectivity index (χ0n) is 13.8. The zero-order chi connectivity index (χ0) is 17.4. The molecule has 0 heterocycles. The maximum absolute atomic E-state index is 12.2. The van der Waals surface area contributed by atoms with Crippen LogP contribution in [0.3, 0.4) is 0 Å². The number of rotatable bonds is 6. The first-order valence-corrected chi connectivity index (χ1v) is 7.79. The van der Waals surface area contributed by atoms with Gasteiger partial charge < -0.3 is 10.1 Å². The van der Waals surface area contributed by atoms with Crippen molar-refractivity contribution in [2.45, 2.75) is 26.5 Å². The molecule has 0 unspecified atom stereocenters. The number of carbonyl (C=O) groups excluding carboxylic acids is 1. The van der Waals surface area contributed by atoms with Crippen molar-refractivity contribution in [2.75, 3.05) is 0 Å². The first kappa shape index (κ1) is 17.3. The van der Waals surface area contributed by atoms with Crippen LogP contribution in [0.5, 0.6) is 5.75 Å². The van der Waals surface area contributed by atoms with Gasteiger partial charge in [0.15, 0.2) is 0 Å². The molecule has 0 spiro atoms. The lowest BCUT2D eigenvalue weighted by Crippen LogP contribution is -2.23. The Balaban J connectivity index is 2.14. The summed E-state index contributed by atoms with van der Waals surface area (Å²) in [7, 11) is 0. The molecule has 0 fully saturated rings. The van der Waals surface area contributed by atoms with Crippen molar-refractivity contribution in [3.8, 4) is 11.8 Å². The molecule has 0 aliphatic carbocycles. The van der Waals surface area contributed by atoms with Gasteiger partial charge in [0.1, 0.15) is 17.4 Å². The summed E-state index contributed by atoms with van der Waals surface area (Å²) in [5.74, 6) is 0.247. The van der Waals surface area contributed by atoms with Gasteiger partial charge in [-0.05, 0) is 31.6 Å². The van der Waals surface area contributed by atoms with E-state index < -0.39 is 5.91 Å². The maximum atomic E-state index is 12.2. The third-order valence-corrected chi connectivity index (χ3v) is 3.24. The first-order chi connectivity index (χ1) is 11.6. The lowest BCUT2D eigenvalue weighted by Gasteiger charge is -2.12. The second-order valence-corrected chi connectivity index (χ2v) is 5.54. The molecule has 0 aromatic heterocycles. The molecule has 1 amide bonds. The van der Waals surface area contributed by atoms with Gasteiger partial charge in [0.2, 0.25) is 0 Å². The van der Waals surface area contributed by atoms with E-state index in [0.717, 1.165) is 5.56 Å². The Morgan fingerprint density at radius 2 is 1.83 bits per heavy atom. The van der Waals surface area contributed by atoms with E-state index in [-0.39, 0.29) is 11.7 Å². The predicted molar refractivity (Wildman–Crippen MR) is 94.1 cm³/mol. The van der Waals surface area contributed by atoms with Gasteiger partial charge in [-0.25, -0.2) is 0 Å². The second kappa shape index (κ2) is 8.54. The monoisotopic (exact) mass is 320 g/mol. The third kappa shape index (κ3) is 4.99. The Morgan fingerprint density at radius 1 is 1.17 bits per heavy atom. The van der Waals surface area contributed by atoms with Crippen LogP contribution in [0, 0.1) is 11.3 Å². The number of nitrogens with one attached hydrogen (secondary N) is 1. The third-order valence-electron chi connectivity index (χ3n) is 3.24. The van der Waals surface area contributed by atoms with Crippen LogP contribution < -0.4 is 10.1 Å². The molecule has 0 saturated heterocycles. The highest BCUT2D eigenvalue weighted by Crippen LogP contribution is 2.22. The Bertz CT molecular complexity index is 759. The molecule has 0 aliphatic rings. The highest BCUT2D eigenvalue weighted by Gasteiger charge is 2.11. The minimum absolute atomic E-state index is 0.0111. The second-order valence-electron chi connectivity index (χ2n) is 5.54. The molecule has 2 aromatic rings. The molecule has 0 saturated carbocycles. The molecule has 2 aromatic carbocycles. The largest absolute Gasteiger partial charge is 0.490 e. The quantitative estimate of drug-likeness (QED) is 0.652. The Labute approximate surface area is 142 Å². The number of ether oxygens (including phenoxy) is 1. The van der Waals surface area contributed by atoms with Gasteiger partial charge in [-0.15, -0.1) is 0 Å². The molecule has 0 bridgehead atoms. The van der Waals surface area contributed by atoms with Crippen LogP contribution in [-0.4, -0.2) is 12.0 Å². The lowest BCUT2D eigenvalue weighted by atomic mass is 10.1. The molecule has 4 heteroatoms. The fraction of sp³-hybridized carbons (Fsp3) is 0.200. The van der Waals surface area contributed by atoms with Crippen molar-refractivity contribution in [1.29, 1.82) is 5.26 Å². The topological polar surface area (TPSA) is 62.1 Å². The number of carbonyl (C=O) groups is 1. The average molecular weight is 320 g/mol. The maximum Gasteiger partial charge on any atom is 0.262 e. The first-order valence-electron chi connectivity index (χ1n) is 7.79. The summed E-state index contributed by atoms with van der Waals surface area (Å²) in [4.78, 5) is 12.2. The molecule has 4 nitrogen and oxygen atoms in total. The normalized spacial score (nSPS) is 11.0. The van der Waals surface area contributed by atoms with E-state index >= 15 is 0 Å². The van der Waals surface area contributed by atoms with Gasteiger partial charge in [0.05, 0.1) is 6.10 Å². The highest BCUT2D eigenvalue weighted by atomic mass is 16.5. The standard InChI is InChI=1S/C20H20N2O2/c1-15(2)24-19-11-7-6-10-17(19)12-18(13-21)20(23)22-14-16-8-4-3-5-9-16/h3-12,15H,14H2,1-2H3,(H,22,23)/b18-12+. The predicted octanol–water partition coefficient (Wildman–Crippen LogP) is 3.70. The van der Waals surface area contributed by atoms with Gasteiger partial charge in [-0.1, -0.05) is 48.5 Å². The summed E-state index contributed by atoms with van der Waals surface area (Å²) in [5.41, 5.74) is 1.73. The van der Waals surface area contributed by atoms with E-state index in [0.29, 0.717) is 17.9 Å². The summed E-state index contributed by atoms with van der Waals surface area (Å²) in [5, 5.41) is 12.1. The van der Waals surface area contributed by atoms with Crippen molar-refractivity contribution in [1.82, 2.24) is 5.32 Å². The van der Waals surface area contributed by atoms with Crippen molar-refractivity contribution in [3.63, 3.8) is 0 Å². The average Bonchev–Trinajstić information content (AvgIpc) is 2.59. The van der Waals surface area contributed by atoms with Crippen molar-refractivity contribution < 1.29 is 9.53 Å². The Morgan fingerprint density at radius 3 is 2.50 bits per heavy atom. The fourth-order valence-corrected chi connectivity index (χ4v) is 2.14. The van der Waals surface area contributed by atoms with Gasteiger partial charge in [0, 0.05) is 12.1 Å². The minimum atomic E-state index is -0.402. The molecule has 24 heavy (non-hydrogen) atoms. The minimum Gasteiger partial charge on any atom is -0.490 e. The lowest BCUT2D eigenvalue weighted by molar-refractivity contribution is -0.117. The molecule has 1 N–H and O–H groups in total. The van der Waals surface area contributed by atoms with E-state index in [2.05, 4.69) is 5.32 Å². The van der Waals surface area contributed by atoms with Gasteiger partial charge in [0.25, 0.3) is 5.91 Å². The summed E-state index contributed by atoms with van der Waals surface area (Å²) < 4.78 is 5.71. The summed E-state index contributed by atoms with van der Waals surface area (Å²) in [6, 6.07) is 18.9. The summed E-state index contributed by atoms with van der Waals surface area (Å²) in [6.45, 7) is 4.24. The molecular weight excluding hydrogens is 300 g/mol. The number of amides is 1. The van der Waals surface area contributed by atoms with Crippen LogP contribution >= 0.6 is 0 Å². The van der Waals surface area contributed by atoms with Gasteiger partial charge in [-0.2, -0.15) is 5.26 Å². The van der Waals surface area contributed by atoms with Crippen LogP contribution in [-0.2, 0) is 11.3 Å². The van der Waals surface area contributed by atoms with Crippen molar-refractivity contribution in [2.24, 2.45) is 0 Å². The molecule has 0 radical (unpaired) electrons. The highest BCUT2D eigenvalue weighted by molar-refractivity contribution is 6.01. The Kier molecular flexibility index (Phi) is 6.16.